The van der Waals surface area contributed by atoms with Gasteiger partial charge in [-0.1, -0.05) is 6.07 Å². The van der Waals surface area contributed by atoms with Gasteiger partial charge in [0.1, 0.15) is 11.5 Å². The average Bonchev–Trinajstić information content (AvgIpc) is 3.28. The van der Waals surface area contributed by atoms with E-state index in [4.69, 9.17) is 13.9 Å². The van der Waals surface area contributed by atoms with Crippen molar-refractivity contribution in [3.63, 3.8) is 0 Å². The smallest absolute Gasteiger partial charge is 0.373 e. The number of hydrogen-bond donors (Lipinski definition) is 1. The molecule has 2 heterocycles. The Morgan fingerprint density at radius 1 is 1.13 bits per heavy atom. The standard InChI is InChI=1S/C20H18N2O8/c1-11(23)29-15-6-4-12(9-17(15)27-2)8-14-18(24)22(20(26)21-14)10-13-5-7-16(30-13)19(25)28-3/h4-9H,10H2,1-3H3,(H,21,26). The van der Waals surface area contributed by atoms with Crippen LogP contribution in [0, 0.1) is 0 Å². The number of hydrogen-bond acceptors (Lipinski definition) is 8. The molecule has 10 nitrogen and oxygen atoms in total. The first kappa shape index (κ1) is 20.6. The molecule has 1 aromatic carbocycles. The van der Waals surface area contributed by atoms with Crippen molar-refractivity contribution in [3.8, 4) is 11.5 Å². The summed E-state index contributed by atoms with van der Waals surface area (Å²) in [5.41, 5.74) is 0.585. The number of rotatable bonds is 6. The minimum absolute atomic E-state index is 0.0321. The number of ether oxygens (including phenoxy) is 3. The third-order valence-electron chi connectivity index (χ3n) is 4.08. The number of nitrogens with zero attached hydrogens (tertiary/aromatic N) is 1. The first-order valence-electron chi connectivity index (χ1n) is 8.70. The Balaban J connectivity index is 1.78. The number of amides is 3. The Morgan fingerprint density at radius 2 is 1.90 bits per heavy atom. The topological polar surface area (TPSA) is 124 Å². The van der Waals surface area contributed by atoms with Gasteiger partial charge in [-0.25, -0.2) is 9.59 Å². The zero-order chi connectivity index (χ0) is 21.8. The van der Waals surface area contributed by atoms with Crippen LogP contribution >= 0.6 is 0 Å². The van der Waals surface area contributed by atoms with Crippen molar-refractivity contribution in [2.75, 3.05) is 14.2 Å². The van der Waals surface area contributed by atoms with E-state index in [1.165, 1.54) is 45.4 Å². The van der Waals surface area contributed by atoms with Gasteiger partial charge >= 0.3 is 18.0 Å². The Bertz CT molecular complexity index is 1050. The largest absolute Gasteiger partial charge is 0.493 e. The maximum Gasteiger partial charge on any atom is 0.373 e. The quantitative estimate of drug-likeness (QED) is 0.330. The molecule has 30 heavy (non-hydrogen) atoms. The first-order chi connectivity index (χ1) is 14.3. The van der Waals surface area contributed by atoms with E-state index in [1.54, 1.807) is 12.1 Å². The summed E-state index contributed by atoms with van der Waals surface area (Å²) in [6.07, 6.45) is 1.46. The van der Waals surface area contributed by atoms with Crippen LogP contribution in [0.2, 0.25) is 0 Å². The highest BCUT2D eigenvalue weighted by Gasteiger charge is 2.34. The van der Waals surface area contributed by atoms with Crippen LogP contribution in [-0.4, -0.2) is 43.0 Å². The lowest BCUT2D eigenvalue weighted by atomic mass is 10.1. The van der Waals surface area contributed by atoms with Crippen molar-refractivity contribution in [2.45, 2.75) is 13.5 Å². The van der Waals surface area contributed by atoms with Crippen molar-refractivity contribution in [2.24, 2.45) is 0 Å². The molecule has 3 amide bonds. The molecule has 156 valence electrons. The zero-order valence-corrected chi connectivity index (χ0v) is 16.4. The van der Waals surface area contributed by atoms with Gasteiger partial charge < -0.3 is 23.9 Å². The van der Waals surface area contributed by atoms with Crippen LogP contribution in [0.4, 0.5) is 4.79 Å². The zero-order valence-electron chi connectivity index (χ0n) is 16.4. The van der Waals surface area contributed by atoms with Crippen LogP contribution in [0.3, 0.4) is 0 Å². The van der Waals surface area contributed by atoms with Gasteiger partial charge in [0.2, 0.25) is 5.76 Å². The minimum atomic E-state index is -0.662. The highest BCUT2D eigenvalue weighted by Crippen LogP contribution is 2.29. The molecule has 0 saturated carbocycles. The fourth-order valence-corrected chi connectivity index (χ4v) is 2.72. The molecular formula is C20H18N2O8. The fraction of sp³-hybridized carbons (Fsp3) is 0.200. The Morgan fingerprint density at radius 3 is 2.57 bits per heavy atom. The second kappa shape index (κ2) is 8.52. The van der Waals surface area contributed by atoms with Crippen molar-refractivity contribution >= 4 is 30.0 Å². The minimum Gasteiger partial charge on any atom is -0.493 e. The van der Waals surface area contributed by atoms with E-state index in [2.05, 4.69) is 10.1 Å². The lowest BCUT2D eigenvalue weighted by molar-refractivity contribution is -0.132. The Kier molecular flexibility index (Phi) is 5.86. The molecule has 1 aromatic heterocycles. The molecule has 1 saturated heterocycles. The van der Waals surface area contributed by atoms with Crippen molar-refractivity contribution < 1.29 is 37.8 Å². The van der Waals surface area contributed by atoms with Crippen LogP contribution in [0.1, 0.15) is 28.8 Å². The van der Waals surface area contributed by atoms with Gasteiger partial charge in [0, 0.05) is 6.92 Å². The number of urea groups is 1. The maximum absolute atomic E-state index is 12.6. The second-order valence-corrected chi connectivity index (χ2v) is 6.14. The van der Waals surface area contributed by atoms with E-state index in [-0.39, 0.29) is 29.5 Å². The van der Waals surface area contributed by atoms with Gasteiger partial charge in [-0.15, -0.1) is 0 Å². The predicted octanol–water partition coefficient (Wildman–Crippen LogP) is 2.09. The molecule has 10 heteroatoms. The number of carbonyl (C=O) groups excluding carboxylic acids is 4. The lowest BCUT2D eigenvalue weighted by Crippen LogP contribution is -2.30. The number of carbonyl (C=O) groups is 4. The molecule has 3 rings (SSSR count). The summed E-state index contributed by atoms with van der Waals surface area (Å²) >= 11 is 0. The Labute approximate surface area is 171 Å². The molecular weight excluding hydrogens is 396 g/mol. The average molecular weight is 414 g/mol. The molecule has 0 spiro atoms. The van der Waals surface area contributed by atoms with Crippen LogP contribution in [0.5, 0.6) is 11.5 Å². The monoisotopic (exact) mass is 414 g/mol. The highest BCUT2D eigenvalue weighted by molar-refractivity contribution is 6.13. The number of nitrogens with one attached hydrogen (secondary N) is 1. The highest BCUT2D eigenvalue weighted by atomic mass is 16.6. The van der Waals surface area contributed by atoms with E-state index in [0.717, 1.165) is 4.90 Å². The summed E-state index contributed by atoms with van der Waals surface area (Å²) in [5.74, 6) is -0.998. The SMILES string of the molecule is COC(=O)c1ccc(CN2C(=O)NC(=Cc3ccc(OC(C)=O)c(OC)c3)C2=O)o1. The first-order valence-corrected chi connectivity index (χ1v) is 8.70. The van der Waals surface area contributed by atoms with E-state index in [9.17, 15) is 19.2 Å². The summed E-state index contributed by atoms with van der Waals surface area (Å²) in [4.78, 5) is 48.4. The summed E-state index contributed by atoms with van der Waals surface area (Å²) < 4.78 is 20.1. The van der Waals surface area contributed by atoms with Gasteiger partial charge in [0.15, 0.2) is 11.5 Å². The van der Waals surface area contributed by atoms with Crippen molar-refractivity contribution in [1.29, 1.82) is 0 Å². The van der Waals surface area contributed by atoms with Gasteiger partial charge in [-0.05, 0) is 35.9 Å². The predicted molar refractivity (Wildman–Crippen MR) is 101 cm³/mol. The number of imide groups is 1. The number of furan rings is 1. The molecule has 0 radical (unpaired) electrons. The van der Waals surface area contributed by atoms with Gasteiger partial charge in [0.25, 0.3) is 5.91 Å². The molecule has 1 aliphatic rings. The summed E-state index contributed by atoms with van der Waals surface area (Å²) in [7, 11) is 2.63. The van der Waals surface area contributed by atoms with E-state index >= 15 is 0 Å². The van der Waals surface area contributed by atoms with Crippen LogP contribution < -0.4 is 14.8 Å². The Hall–Kier alpha value is -4.08. The molecule has 0 unspecified atom stereocenters. The molecule has 1 fully saturated rings. The van der Waals surface area contributed by atoms with Crippen molar-refractivity contribution in [3.05, 3.63) is 53.1 Å². The number of esters is 2. The molecule has 1 N–H and O–H groups in total. The third kappa shape index (κ3) is 4.32. The van der Waals surface area contributed by atoms with Crippen LogP contribution in [-0.2, 0) is 20.9 Å². The molecule has 0 bridgehead atoms. The molecule has 1 aliphatic heterocycles. The van der Waals surface area contributed by atoms with Gasteiger partial charge in [-0.3, -0.25) is 14.5 Å². The number of benzene rings is 1. The van der Waals surface area contributed by atoms with Crippen LogP contribution in [0.25, 0.3) is 6.08 Å². The molecule has 0 aliphatic carbocycles. The van der Waals surface area contributed by atoms with E-state index < -0.39 is 23.9 Å². The van der Waals surface area contributed by atoms with Gasteiger partial charge in [0.05, 0.1) is 20.8 Å². The second-order valence-electron chi connectivity index (χ2n) is 6.14. The van der Waals surface area contributed by atoms with E-state index in [1.807, 2.05) is 0 Å². The van der Waals surface area contributed by atoms with Gasteiger partial charge in [-0.2, -0.15) is 0 Å². The third-order valence-corrected chi connectivity index (χ3v) is 4.08. The fourth-order valence-electron chi connectivity index (χ4n) is 2.72. The maximum atomic E-state index is 12.6. The lowest BCUT2D eigenvalue weighted by Gasteiger charge is -2.09. The van der Waals surface area contributed by atoms with E-state index in [0.29, 0.717) is 11.3 Å². The van der Waals surface area contributed by atoms with Crippen molar-refractivity contribution in [1.82, 2.24) is 10.2 Å². The normalized spacial score (nSPS) is 14.6. The van der Waals surface area contributed by atoms with Crippen LogP contribution in [0.15, 0.2) is 40.4 Å². The molecule has 2 aromatic rings. The molecule has 0 atom stereocenters. The number of methoxy groups -OCH3 is 2. The summed E-state index contributed by atoms with van der Waals surface area (Å²) in [6, 6.07) is 6.92. The summed E-state index contributed by atoms with van der Waals surface area (Å²) in [6.45, 7) is 1.11. The summed E-state index contributed by atoms with van der Waals surface area (Å²) in [5, 5.41) is 2.49.